The molecule has 0 saturated heterocycles. The molecule has 0 aliphatic rings. The molecule has 22 heavy (non-hydrogen) atoms. The number of halogens is 1. The second kappa shape index (κ2) is 5.82. The van der Waals surface area contributed by atoms with Crippen molar-refractivity contribution in [2.75, 3.05) is 0 Å². The maximum Gasteiger partial charge on any atom is 0.216 e. The average molecular weight is 320 g/mol. The van der Waals surface area contributed by atoms with Crippen LogP contribution in [-0.4, -0.2) is 23.0 Å². The van der Waals surface area contributed by atoms with Gasteiger partial charge in [-0.3, -0.25) is 0 Å². The Morgan fingerprint density at radius 3 is 2.77 bits per heavy atom. The largest absolute Gasteiger partial charge is 0.217 e. The number of hydrogen-bond donors (Lipinski definition) is 1. The zero-order chi connectivity index (χ0) is 15.6. The summed E-state index contributed by atoms with van der Waals surface area (Å²) in [6, 6.07) is 11.1. The molecule has 6 nitrogen and oxygen atoms in total. The highest BCUT2D eigenvalue weighted by molar-refractivity contribution is 7.88. The van der Waals surface area contributed by atoms with E-state index in [4.69, 9.17) is 0 Å². The van der Waals surface area contributed by atoms with Crippen LogP contribution in [0.5, 0.6) is 0 Å². The van der Waals surface area contributed by atoms with Gasteiger partial charge in [0.25, 0.3) is 0 Å². The molecule has 0 aliphatic heterocycles. The monoisotopic (exact) mass is 320 g/mol. The highest BCUT2D eigenvalue weighted by Gasteiger charge is 2.15. The zero-order valence-corrected chi connectivity index (χ0v) is 12.3. The van der Waals surface area contributed by atoms with E-state index in [0.29, 0.717) is 11.3 Å². The number of fused-ring (bicyclic) bond motifs is 1. The molecule has 3 aromatic rings. The van der Waals surface area contributed by atoms with Crippen molar-refractivity contribution in [3.63, 3.8) is 0 Å². The molecule has 1 N–H and O–H groups in total. The molecule has 1 aromatic carbocycles. The first-order valence-electron chi connectivity index (χ1n) is 6.53. The third-order valence-corrected chi connectivity index (χ3v) is 4.43. The van der Waals surface area contributed by atoms with Crippen molar-refractivity contribution in [3.8, 4) is 0 Å². The number of rotatable bonds is 5. The summed E-state index contributed by atoms with van der Waals surface area (Å²) in [5.41, 5.74) is 1.41. The molecule has 114 valence electrons. The van der Waals surface area contributed by atoms with Gasteiger partial charge in [-0.05, 0) is 18.2 Å². The average Bonchev–Trinajstić information content (AvgIpc) is 2.96. The van der Waals surface area contributed by atoms with Gasteiger partial charge in [0.15, 0.2) is 5.65 Å². The SMILES string of the molecule is O=S(=O)(Cc1ccccc1F)NCc1cccc2ncnn12. The first-order valence-corrected chi connectivity index (χ1v) is 8.19. The molecule has 0 saturated carbocycles. The summed E-state index contributed by atoms with van der Waals surface area (Å²) < 4.78 is 41.7. The lowest BCUT2D eigenvalue weighted by Crippen LogP contribution is -2.26. The normalized spacial score (nSPS) is 11.9. The topological polar surface area (TPSA) is 76.4 Å². The van der Waals surface area contributed by atoms with Crippen molar-refractivity contribution in [1.29, 1.82) is 0 Å². The van der Waals surface area contributed by atoms with Crippen LogP contribution < -0.4 is 4.72 Å². The van der Waals surface area contributed by atoms with E-state index < -0.39 is 21.6 Å². The fourth-order valence-electron chi connectivity index (χ4n) is 2.09. The molecule has 2 heterocycles. The maximum absolute atomic E-state index is 13.5. The van der Waals surface area contributed by atoms with Gasteiger partial charge in [-0.1, -0.05) is 24.3 Å². The summed E-state index contributed by atoms with van der Waals surface area (Å²) in [5, 5.41) is 4.03. The molecular weight excluding hydrogens is 307 g/mol. The summed E-state index contributed by atoms with van der Waals surface area (Å²) in [4.78, 5) is 4.03. The Kier molecular flexibility index (Phi) is 3.86. The Morgan fingerprint density at radius 2 is 1.95 bits per heavy atom. The molecule has 3 rings (SSSR count). The van der Waals surface area contributed by atoms with Crippen LogP contribution in [0.25, 0.3) is 5.65 Å². The number of aromatic nitrogens is 3. The van der Waals surface area contributed by atoms with E-state index in [2.05, 4.69) is 14.8 Å². The summed E-state index contributed by atoms with van der Waals surface area (Å²) in [7, 11) is -3.66. The van der Waals surface area contributed by atoms with Crippen LogP contribution in [-0.2, 0) is 22.3 Å². The molecule has 8 heteroatoms. The molecule has 0 radical (unpaired) electrons. The van der Waals surface area contributed by atoms with E-state index in [1.165, 1.54) is 24.5 Å². The number of nitrogens with zero attached hydrogens (tertiary/aromatic N) is 3. The molecule has 0 bridgehead atoms. The first kappa shape index (κ1) is 14.6. The van der Waals surface area contributed by atoms with Crippen molar-refractivity contribution in [3.05, 3.63) is 65.9 Å². The molecule has 2 aromatic heterocycles. The smallest absolute Gasteiger partial charge is 0.216 e. The van der Waals surface area contributed by atoms with Crippen LogP contribution in [0.2, 0.25) is 0 Å². The Bertz CT molecular complexity index is 908. The van der Waals surface area contributed by atoms with Gasteiger partial charge in [0, 0.05) is 5.56 Å². The molecule has 0 unspecified atom stereocenters. The summed E-state index contributed by atoms with van der Waals surface area (Å²) in [6.07, 6.45) is 1.40. The van der Waals surface area contributed by atoms with Gasteiger partial charge in [-0.2, -0.15) is 5.10 Å². The van der Waals surface area contributed by atoms with Crippen LogP contribution in [0.15, 0.2) is 48.8 Å². The van der Waals surface area contributed by atoms with Gasteiger partial charge >= 0.3 is 0 Å². The minimum atomic E-state index is -3.66. The Hall–Kier alpha value is -2.32. The Balaban J connectivity index is 1.75. The van der Waals surface area contributed by atoms with Crippen LogP contribution in [0.3, 0.4) is 0 Å². The van der Waals surface area contributed by atoms with E-state index in [-0.39, 0.29) is 12.1 Å². The standard InChI is InChI=1S/C14H13FN4O2S/c15-13-6-2-1-4-11(13)9-22(20,21)18-8-12-5-3-7-14-16-10-17-19(12)14/h1-7,10,18H,8-9H2. The molecular formula is C14H13FN4O2S. The molecule has 0 spiro atoms. The number of sulfonamides is 1. The lowest BCUT2D eigenvalue weighted by molar-refractivity contribution is 0.572. The first-order chi connectivity index (χ1) is 10.6. The maximum atomic E-state index is 13.5. The highest BCUT2D eigenvalue weighted by atomic mass is 32.2. The summed E-state index contributed by atoms with van der Waals surface area (Å²) in [6.45, 7) is 0.0531. The van der Waals surface area contributed by atoms with E-state index in [9.17, 15) is 12.8 Å². The van der Waals surface area contributed by atoms with Crippen molar-refractivity contribution < 1.29 is 12.8 Å². The predicted octanol–water partition coefficient (Wildman–Crippen LogP) is 1.49. The minimum Gasteiger partial charge on any atom is -0.217 e. The van der Waals surface area contributed by atoms with Crippen LogP contribution >= 0.6 is 0 Å². The summed E-state index contributed by atoms with van der Waals surface area (Å²) in [5.74, 6) is -0.946. The van der Waals surface area contributed by atoms with E-state index in [1.807, 2.05) is 0 Å². The fourth-order valence-corrected chi connectivity index (χ4v) is 3.20. The highest BCUT2D eigenvalue weighted by Crippen LogP contribution is 2.11. The lowest BCUT2D eigenvalue weighted by Gasteiger charge is -2.08. The van der Waals surface area contributed by atoms with Gasteiger partial charge in [-0.25, -0.2) is 27.0 Å². The van der Waals surface area contributed by atoms with Gasteiger partial charge in [0.1, 0.15) is 12.1 Å². The number of pyridine rings is 1. The molecule has 0 fully saturated rings. The molecule has 0 atom stereocenters. The predicted molar refractivity (Wildman–Crippen MR) is 78.9 cm³/mol. The van der Waals surface area contributed by atoms with Crippen LogP contribution in [0.1, 0.15) is 11.3 Å². The van der Waals surface area contributed by atoms with Crippen molar-refractivity contribution in [1.82, 2.24) is 19.3 Å². The van der Waals surface area contributed by atoms with Crippen molar-refractivity contribution in [2.45, 2.75) is 12.3 Å². The number of nitrogens with one attached hydrogen (secondary N) is 1. The number of benzene rings is 1. The Labute approximate surface area is 126 Å². The zero-order valence-electron chi connectivity index (χ0n) is 11.5. The van der Waals surface area contributed by atoms with Gasteiger partial charge < -0.3 is 0 Å². The second-order valence-electron chi connectivity index (χ2n) is 4.72. The third kappa shape index (κ3) is 3.12. The Morgan fingerprint density at radius 1 is 1.14 bits per heavy atom. The van der Waals surface area contributed by atoms with Gasteiger partial charge in [0.05, 0.1) is 18.0 Å². The molecule has 0 aliphatic carbocycles. The van der Waals surface area contributed by atoms with Gasteiger partial charge in [0.2, 0.25) is 10.0 Å². The summed E-state index contributed by atoms with van der Waals surface area (Å²) >= 11 is 0. The van der Waals surface area contributed by atoms with Crippen LogP contribution in [0, 0.1) is 5.82 Å². The van der Waals surface area contributed by atoms with E-state index >= 15 is 0 Å². The van der Waals surface area contributed by atoms with Gasteiger partial charge in [-0.15, -0.1) is 0 Å². The van der Waals surface area contributed by atoms with Crippen molar-refractivity contribution in [2.24, 2.45) is 0 Å². The van der Waals surface area contributed by atoms with Crippen molar-refractivity contribution >= 4 is 15.7 Å². The second-order valence-corrected chi connectivity index (χ2v) is 6.53. The molecule has 0 amide bonds. The number of hydrogen-bond acceptors (Lipinski definition) is 4. The third-order valence-electron chi connectivity index (χ3n) is 3.16. The van der Waals surface area contributed by atoms with E-state index in [0.717, 1.165) is 0 Å². The lowest BCUT2D eigenvalue weighted by atomic mass is 10.2. The fraction of sp³-hybridized carbons (Fsp3) is 0.143. The quantitative estimate of drug-likeness (QED) is 0.773. The van der Waals surface area contributed by atoms with Crippen LogP contribution in [0.4, 0.5) is 4.39 Å². The minimum absolute atomic E-state index is 0.0531. The van der Waals surface area contributed by atoms with E-state index in [1.54, 1.807) is 28.8 Å².